The second kappa shape index (κ2) is 9.86. The number of aromatic amines is 1. The molecule has 0 aliphatic carbocycles. The van der Waals surface area contributed by atoms with Crippen molar-refractivity contribution in [2.24, 2.45) is 0 Å². The van der Waals surface area contributed by atoms with Gasteiger partial charge in [-0.3, -0.25) is 14.5 Å². The average molecular weight is 480 g/mol. The summed E-state index contributed by atoms with van der Waals surface area (Å²) in [6.07, 6.45) is 0. The molecule has 0 spiro atoms. The number of aromatic nitrogens is 3. The third kappa shape index (κ3) is 4.95. The largest absolute Gasteiger partial charge is 0.350 e. The van der Waals surface area contributed by atoms with Crippen LogP contribution in [0.25, 0.3) is 10.7 Å². The molecule has 0 bridgehead atoms. The van der Waals surface area contributed by atoms with E-state index in [9.17, 15) is 13.2 Å². The van der Waals surface area contributed by atoms with Crippen molar-refractivity contribution in [1.82, 2.24) is 24.4 Å². The van der Waals surface area contributed by atoms with Crippen molar-refractivity contribution < 1.29 is 13.2 Å². The van der Waals surface area contributed by atoms with Crippen molar-refractivity contribution in [3.05, 3.63) is 52.1 Å². The lowest BCUT2D eigenvalue weighted by atomic mass is 10.2. The van der Waals surface area contributed by atoms with Crippen LogP contribution in [0.2, 0.25) is 0 Å². The second-order valence-electron chi connectivity index (χ2n) is 6.83. The van der Waals surface area contributed by atoms with Gasteiger partial charge < -0.3 is 5.32 Å². The zero-order valence-electron chi connectivity index (χ0n) is 17.5. The van der Waals surface area contributed by atoms with Gasteiger partial charge in [-0.1, -0.05) is 32.0 Å². The van der Waals surface area contributed by atoms with Crippen LogP contribution in [0.3, 0.4) is 0 Å². The van der Waals surface area contributed by atoms with Crippen molar-refractivity contribution >= 4 is 39.5 Å². The molecule has 0 saturated heterocycles. The number of hydrogen-bond donors (Lipinski definition) is 2. The highest BCUT2D eigenvalue weighted by molar-refractivity contribution is 7.89. The minimum absolute atomic E-state index is 0.213. The van der Waals surface area contributed by atoms with E-state index in [-0.39, 0.29) is 17.3 Å². The number of carbonyl (C=O) groups is 1. The van der Waals surface area contributed by atoms with E-state index >= 15 is 0 Å². The Morgan fingerprint density at radius 1 is 1.26 bits per heavy atom. The Balaban J connectivity index is 1.69. The Morgan fingerprint density at radius 2 is 1.94 bits per heavy atom. The molecule has 0 aliphatic heterocycles. The molecular formula is C20H25N5O3S3. The first-order valence-corrected chi connectivity index (χ1v) is 12.6. The molecule has 2 aromatic heterocycles. The molecule has 3 aromatic rings. The number of H-pyrrole nitrogens is 1. The van der Waals surface area contributed by atoms with Crippen molar-refractivity contribution in [3.63, 3.8) is 0 Å². The van der Waals surface area contributed by atoms with E-state index in [1.165, 1.54) is 15.6 Å². The number of thiophene rings is 1. The fraction of sp³-hybridized carbons (Fsp3) is 0.350. The fourth-order valence-corrected chi connectivity index (χ4v) is 5.65. The van der Waals surface area contributed by atoms with Crippen molar-refractivity contribution in [2.45, 2.75) is 38.3 Å². The van der Waals surface area contributed by atoms with Crippen LogP contribution >= 0.6 is 23.6 Å². The summed E-state index contributed by atoms with van der Waals surface area (Å²) in [5, 5.41) is 11.8. The second-order valence-corrected chi connectivity index (χ2v) is 10.1. The van der Waals surface area contributed by atoms with E-state index in [1.54, 1.807) is 35.8 Å². The Kier molecular flexibility index (Phi) is 7.42. The number of carbonyl (C=O) groups excluding carboxylic acids is 1. The highest BCUT2D eigenvalue weighted by Crippen LogP contribution is 2.25. The zero-order valence-corrected chi connectivity index (χ0v) is 20.0. The minimum Gasteiger partial charge on any atom is -0.350 e. The SMILES string of the molecule is CCN(CC)S(=O)(=O)c1ccc(CNC(=O)C(C)n2c(-c3cccs3)n[nH]c2=S)cc1. The molecule has 1 atom stereocenters. The standard InChI is InChI=1S/C20H25N5O3S3/c1-4-24(5-2)31(27,28)16-10-8-15(9-11-16)13-21-19(26)14(3)25-18(22-23-20(25)29)17-7-6-12-30-17/h6-12,14H,4-5,13H2,1-3H3,(H,21,26)(H,23,29). The maximum Gasteiger partial charge on any atom is 0.243 e. The van der Waals surface area contributed by atoms with Crippen molar-refractivity contribution in [2.75, 3.05) is 13.1 Å². The molecule has 31 heavy (non-hydrogen) atoms. The van der Waals surface area contributed by atoms with Crippen molar-refractivity contribution in [3.8, 4) is 10.7 Å². The first-order valence-electron chi connectivity index (χ1n) is 9.87. The lowest BCUT2D eigenvalue weighted by Crippen LogP contribution is -2.31. The van der Waals surface area contributed by atoms with Gasteiger partial charge in [-0.2, -0.15) is 9.40 Å². The Bertz CT molecular complexity index is 1180. The molecule has 8 nitrogen and oxygen atoms in total. The lowest BCUT2D eigenvalue weighted by molar-refractivity contribution is -0.124. The monoisotopic (exact) mass is 479 g/mol. The summed E-state index contributed by atoms with van der Waals surface area (Å²) in [4.78, 5) is 13.9. The molecule has 166 valence electrons. The van der Waals surface area contributed by atoms with Gasteiger partial charge >= 0.3 is 0 Å². The van der Waals surface area contributed by atoms with Crippen LogP contribution in [0.15, 0.2) is 46.7 Å². The van der Waals surface area contributed by atoms with Crippen LogP contribution in [-0.4, -0.2) is 46.5 Å². The number of nitrogens with one attached hydrogen (secondary N) is 2. The molecule has 1 aromatic carbocycles. The van der Waals surface area contributed by atoms with Gasteiger partial charge in [0, 0.05) is 19.6 Å². The summed E-state index contributed by atoms with van der Waals surface area (Å²) in [6, 6.07) is 9.83. The van der Waals surface area contributed by atoms with E-state index in [2.05, 4.69) is 15.5 Å². The number of sulfonamides is 1. The predicted octanol–water partition coefficient (Wildman–Crippen LogP) is 3.58. The first-order chi connectivity index (χ1) is 14.8. The Labute approximate surface area is 191 Å². The van der Waals surface area contributed by atoms with Gasteiger partial charge in [-0.05, 0) is 48.3 Å². The molecular weight excluding hydrogens is 454 g/mol. The summed E-state index contributed by atoms with van der Waals surface area (Å²) >= 11 is 6.84. The Hall–Kier alpha value is -2.34. The molecule has 0 fully saturated rings. The van der Waals surface area contributed by atoms with Gasteiger partial charge in [0.05, 0.1) is 9.77 Å². The first kappa shape index (κ1) is 23.3. The van der Waals surface area contributed by atoms with Gasteiger partial charge in [0.15, 0.2) is 10.6 Å². The average Bonchev–Trinajstić information content (AvgIpc) is 3.42. The van der Waals surface area contributed by atoms with Gasteiger partial charge in [0.25, 0.3) is 0 Å². The van der Waals surface area contributed by atoms with E-state index < -0.39 is 16.1 Å². The van der Waals surface area contributed by atoms with Crippen LogP contribution in [0.4, 0.5) is 0 Å². The molecule has 1 unspecified atom stereocenters. The predicted molar refractivity (Wildman–Crippen MR) is 124 cm³/mol. The number of amides is 1. The van der Waals surface area contributed by atoms with E-state index in [0.717, 1.165) is 10.4 Å². The topological polar surface area (TPSA) is 100 Å². The highest BCUT2D eigenvalue weighted by Gasteiger charge is 2.22. The Morgan fingerprint density at radius 3 is 2.52 bits per heavy atom. The third-order valence-electron chi connectivity index (χ3n) is 4.95. The molecule has 0 saturated carbocycles. The normalized spacial score (nSPS) is 12.8. The molecule has 1 amide bonds. The summed E-state index contributed by atoms with van der Waals surface area (Å²) < 4.78 is 28.6. The van der Waals surface area contributed by atoms with Crippen molar-refractivity contribution in [1.29, 1.82) is 0 Å². The maximum atomic E-state index is 12.8. The summed E-state index contributed by atoms with van der Waals surface area (Å²) in [6.45, 7) is 6.48. The summed E-state index contributed by atoms with van der Waals surface area (Å²) in [7, 11) is -3.50. The quantitative estimate of drug-likeness (QED) is 0.457. The summed E-state index contributed by atoms with van der Waals surface area (Å²) in [5.74, 6) is 0.406. The molecule has 0 radical (unpaired) electrons. The number of benzene rings is 1. The van der Waals surface area contributed by atoms with Crippen LogP contribution in [0, 0.1) is 4.77 Å². The van der Waals surface area contributed by atoms with E-state index in [4.69, 9.17) is 12.2 Å². The van der Waals surface area contributed by atoms with Gasteiger partial charge in [-0.25, -0.2) is 8.42 Å². The van der Waals surface area contributed by atoms with Gasteiger partial charge in [0.2, 0.25) is 15.9 Å². The lowest BCUT2D eigenvalue weighted by Gasteiger charge is -2.18. The van der Waals surface area contributed by atoms with Gasteiger partial charge in [-0.15, -0.1) is 11.3 Å². The molecule has 2 N–H and O–H groups in total. The summed E-state index contributed by atoms with van der Waals surface area (Å²) in [5.41, 5.74) is 0.799. The zero-order chi connectivity index (χ0) is 22.6. The number of nitrogens with zero attached hydrogens (tertiary/aromatic N) is 3. The number of rotatable bonds is 9. The number of hydrogen-bond acceptors (Lipinski definition) is 6. The smallest absolute Gasteiger partial charge is 0.243 e. The molecule has 11 heteroatoms. The molecule has 2 heterocycles. The minimum atomic E-state index is -3.50. The highest BCUT2D eigenvalue weighted by atomic mass is 32.2. The third-order valence-corrected chi connectivity index (χ3v) is 8.16. The molecule has 0 aliphatic rings. The van der Waals surface area contributed by atoms with Crippen LogP contribution in [0.5, 0.6) is 0 Å². The van der Waals surface area contributed by atoms with E-state index in [0.29, 0.717) is 23.7 Å². The van der Waals surface area contributed by atoms with Crippen LogP contribution < -0.4 is 5.32 Å². The maximum absolute atomic E-state index is 12.8. The fourth-order valence-electron chi connectivity index (χ4n) is 3.19. The van der Waals surface area contributed by atoms with Crippen LogP contribution in [0.1, 0.15) is 32.4 Å². The van der Waals surface area contributed by atoms with Gasteiger partial charge in [0.1, 0.15) is 6.04 Å². The van der Waals surface area contributed by atoms with Crippen LogP contribution in [-0.2, 0) is 21.4 Å². The molecule has 3 rings (SSSR count). The van der Waals surface area contributed by atoms with E-state index in [1.807, 2.05) is 31.4 Å².